The van der Waals surface area contributed by atoms with E-state index < -0.39 is 11.8 Å². The van der Waals surface area contributed by atoms with E-state index >= 15 is 0 Å². The van der Waals surface area contributed by atoms with E-state index in [-0.39, 0.29) is 54.5 Å². The van der Waals surface area contributed by atoms with E-state index in [1.54, 1.807) is 31.3 Å². The maximum atomic E-state index is 13.3. The summed E-state index contributed by atoms with van der Waals surface area (Å²) in [5, 5.41) is 16.7. The normalized spacial score (nSPS) is 22.4. The van der Waals surface area contributed by atoms with E-state index in [0.717, 1.165) is 22.4 Å². The minimum absolute atomic E-state index is 0.109. The molecule has 3 aromatic rings. The van der Waals surface area contributed by atoms with Crippen molar-refractivity contribution in [3.05, 3.63) is 70.8 Å². The summed E-state index contributed by atoms with van der Waals surface area (Å²) in [7, 11) is 4.52. The Morgan fingerprint density at radius 1 is 0.949 bits per heavy atom. The number of phenolic OH excluding ortho intramolecular Hbond substituents is 1. The molecule has 0 unspecified atom stereocenters. The van der Waals surface area contributed by atoms with Gasteiger partial charge in [-0.2, -0.15) is 0 Å². The first-order valence-electron chi connectivity index (χ1n) is 12.6. The maximum Gasteiger partial charge on any atom is 0.310 e. The van der Waals surface area contributed by atoms with Crippen molar-refractivity contribution in [2.75, 3.05) is 40.0 Å². The van der Waals surface area contributed by atoms with E-state index in [4.69, 9.17) is 23.7 Å². The summed E-state index contributed by atoms with van der Waals surface area (Å²) in [6, 6.07) is 14.2. The molecule has 1 aliphatic carbocycles. The number of fused-ring (bicyclic) bond motifs is 3. The molecule has 6 rings (SSSR count). The Labute approximate surface area is 224 Å². The smallest absolute Gasteiger partial charge is 0.310 e. The second-order valence-corrected chi connectivity index (χ2v) is 9.68. The number of hydrogen-bond donors (Lipinski definition) is 3. The van der Waals surface area contributed by atoms with Gasteiger partial charge in [0.25, 0.3) is 5.91 Å². The first-order valence-corrected chi connectivity index (χ1v) is 12.6. The largest absolute Gasteiger partial charge is 0.502 e. The number of nitrogens with one attached hydrogen (secondary N) is 2. The quantitative estimate of drug-likeness (QED) is 0.409. The van der Waals surface area contributed by atoms with Gasteiger partial charge in [0.1, 0.15) is 0 Å². The fourth-order valence-corrected chi connectivity index (χ4v) is 5.88. The first kappa shape index (κ1) is 24.7. The van der Waals surface area contributed by atoms with Crippen LogP contribution in [0.3, 0.4) is 0 Å². The number of ether oxygens (including phenoxy) is 5. The molecular formula is C29H28N2O8. The summed E-state index contributed by atoms with van der Waals surface area (Å²) in [5.74, 6) is -0.0665. The van der Waals surface area contributed by atoms with Crippen LogP contribution in [0.15, 0.2) is 48.5 Å². The zero-order valence-electron chi connectivity index (χ0n) is 21.6. The van der Waals surface area contributed by atoms with Crippen molar-refractivity contribution >= 4 is 17.6 Å². The van der Waals surface area contributed by atoms with Gasteiger partial charge in [0, 0.05) is 30.1 Å². The number of methoxy groups -OCH3 is 2. The number of esters is 1. The van der Waals surface area contributed by atoms with Gasteiger partial charge in [-0.25, -0.2) is 0 Å². The van der Waals surface area contributed by atoms with Gasteiger partial charge >= 0.3 is 5.97 Å². The monoisotopic (exact) mass is 532 g/mol. The predicted molar refractivity (Wildman–Crippen MR) is 140 cm³/mol. The Bertz CT molecular complexity index is 1430. The van der Waals surface area contributed by atoms with Crippen LogP contribution in [-0.2, 0) is 9.53 Å². The van der Waals surface area contributed by atoms with Crippen LogP contribution in [0.2, 0.25) is 0 Å². The van der Waals surface area contributed by atoms with E-state index in [1.807, 2.05) is 24.3 Å². The molecule has 0 saturated carbocycles. The highest BCUT2D eigenvalue weighted by Gasteiger charge is 2.52. The summed E-state index contributed by atoms with van der Waals surface area (Å²) in [6.07, 6.45) is 0. The Hall–Kier alpha value is -4.60. The minimum atomic E-state index is -0.528. The molecule has 2 heterocycles. The molecule has 0 radical (unpaired) electrons. The second-order valence-electron chi connectivity index (χ2n) is 9.68. The van der Waals surface area contributed by atoms with Gasteiger partial charge in [0.05, 0.1) is 32.8 Å². The zero-order valence-corrected chi connectivity index (χ0v) is 21.6. The van der Waals surface area contributed by atoms with Crippen molar-refractivity contribution in [1.29, 1.82) is 0 Å². The number of rotatable bonds is 6. The Kier molecular flexibility index (Phi) is 6.09. The zero-order chi connectivity index (χ0) is 27.3. The third-order valence-electron chi connectivity index (χ3n) is 7.74. The van der Waals surface area contributed by atoms with Gasteiger partial charge < -0.3 is 39.4 Å². The van der Waals surface area contributed by atoms with E-state index in [1.165, 1.54) is 14.2 Å². The molecule has 10 heteroatoms. The third kappa shape index (κ3) is 4.03. The molecule has 2 aliphatic heterocycles. The van der Waals surface area contributed by atoms with Crippen LogP contribution in [0.4, 0.5) is 5.69 Å². The fourth-order valence-electron chi connectivity index (χ4n) is 5.88. The lowest BCUT2D eigenvalue weighted by Gasteiger charge is -2.40. The highest BCUT2D eigenvalue weighted by Crippen LogP contribution is 2.56. The van der Waals surface area contributed by atoms with Gasteiger partial charge in [-0.15, -0.1) is 0 Å². The number of amides is 1. The number of benzene rings is 3. The van der Waals surface area contributed by atoms with Crippen molar-refractivity contribution in [2.45, 2.75) is 12.0 Å². The van der Waals surface area contributed by atoms with Gasteiger partial charge in [-0.05, 0) is 65.2 Å². The van der Waals surface area contributed by atoms with Gasteiger partial charge in [-0.1, -0.05) is 0 Å². The number of carbonyl (C=O) groups is 2. The number of aromatic hydroxyl groups is 1. The van der Waals surface area contributed by atoms with E-state index in [9.17, 15) is 14.7 Å². The van der Waals surface area contributed by atoms with Crippen molar-refractivity contribution in [3.63, 3.8) is 0 Å². The number of phenols is 1. The molecule has 1 fully saturated rings. The average molecular weight is 533 g/mol. The topological polar surface area (TPSA) is 125 Å². The summed E-state index contributed by atoms with van der Waals surface area (Å²) in [5.41, 5.74) is 3.88. The molecule has 39 heavy (non-hydrogen) atoms. The molecule has 4 atom stereocenters. The van der Waals surface area contributed by atoms with Gasteiger partial charge in [0.15, 0.2) is 23.0 Å². The number of carbonyl (C=O) groups excluding carboxylic acids is 2. The molecule has 3 aromatic carbocycles. The van der Waals surface area contributed by atoms with Crippen molar-refractivity contribution < 1.29 is 38.4 Å². The average Bonchev–Trinajstić information content (AvgIpc) is 3.58. The summed E-state index contributed by atoms with van der Waals surface area (Å²) < 4.78 is 27.9. The number of anilines is 1. The molecule has 0 aromatic heterocycles. The Morgan fingerprint density at radius 3 is 2.21 bits per heavy atom. The third-order valence-corrected chi connectivity index (χ3v) is 7.74. The molecule has 202 valence electrons. The molecule has 3 N–H and O–H groups in total. The van der Waals surface area contributed by atoms with Crippen LogP contribution < -0.4 is 29.6 Å². The highest BCUT2D eigenvalue weighted by atomic mass is 16.7. The number of hydrogen-bond acceptors (Lipinski definition) is 9. The van der Waals surface area contributed by atoms with Gasteiger partial charge in [0.2, 0.25) is 12.5 Å². The van der Waals surface area contributed by atoms with E-state index in [0.29, 0.717) is 17.1 Å². The highest BCUT2D eigenvalue weighted by molar-refractivity contribution is 5.94. The molecule has 1 saturated heterocycles. The summed E-state index contributed by atoms with van der Waals surface area (Å²) >= 11 is 0. The Balaban J connectivity index is 1.49. The van der Waals surface area contributed by atoms with Crippen molar-refractivity contribution in [3.8, 4) is 28.7 Å². The molecular weight excluding hydrogens is 504 g/mol. The lowest BCUT2D eigenvalue weighted by atomic mass is 9.65. The SMILES string of the molecule is CNC(=O)c1ccc(N[C@@H]2c3cc4c(cc3[C@@H](c3cc(OC)c(O)c(OC)c3)[C@H]3C(=O)OC[C@@H]32)OCO4)cc1. The predicted octanol–water partition coefficient (Wildman–Crippen LogP) is 3.59. The summed E-state index contributed by atoms with van der Waals surface area (Å²) in [4.78, 5) is 25.3. The lowest BCUT2D eigenvalue weighted by Crippen LogP contribution is -2.37. The van der Waals surface area contributed by atoms with Crippen LogP contribution in [0.1, 0.15) is 39.0 Å². The molecule has 3 aliphatic rings. The van der Waals surface area contributed by atoms with Crippen molar-refractivity contribution in [2.24, 2.45) is 11.8 Å². The standard InChI is InChI=1S/C29H28N2O8/c1-30-28(33)14-4-6-16(7-5-14)31-26-18-11-21-20(38-13-39-21)10-17(18)24(25-19(26)12-37-29(25)34)15-8-22(35-2)27(32)23(9-15)36-3/h4-11,19,24-26,31-32H,12-13H2,1-3H3,(H,30,33)/t19-,24+,25-,26+/m0/s1. The van der Waals surface area contributed by atoms with Crippen LogP contribution in [-0.4, -0.2) is 51.7 Å². The lowest BCUT2D eigenvalue weighted by molar-refractivity contribution is -0.141. The second kappa shape index (κ2) is 9.61. The van der Waals surface area contributed by atoms with Crippen molar-refractivity contribution in [1.82, 2.24) is 5.32 Å². The molecule has 0 spiro atoms. The minimum Gasteiger partial charge on any atom is -0.502 e. The molecule has 10 nitrogen and oxygen atoms in total. The molecule has 0 bridgehead atoms. The fraction of sp³-hybridized carbons (Fsp3) is 0.310. The number of cyclic esters (lactones) is 1. The summed E-state index contributed by atoms with van der Waals surface area (Å²) in [6.45, 7) is 0.339. The first-order chi connectivity index (χ1) is 18.9. The van der Waals surface area contributed by atoms with Crippen LogP contribution in [0.25, 0.3) is 0 Å². The van der Waals surface area contributed by atoms with Crippen LogP contribution >= 0.6 is 0 Å². The Morgan fingerprint density at radius 2 is 1.59 bits per heavy atom. The van der Waals surface area contributed by atoms with Crippen LogP contribution in [0.5, 0.6) is 28.7 Å². The van der Waals surface area contributed by atoms with E-state index in [2.05, 4.69) is 10.6 Å². The van der Waals surface area contributed by atoms with Gasteiger partial charge in [-0.3, -0.25) is 9.59 Å². The van der Waals surface area contributed by atoms with Crippen LogP contribution in [0, 0.1) is 11.8 Å². The molecule has 1 amide bonds. The maximum absolute atomic E-state index is 13.3.